The molecular formula is C15H16F3LiN2O5. The summed E-state index contributed by atoms with van der Waals surface area (Å²) in [6.07, 6.45) is -4.99. The predicted octanol–water partition coefficient (Wildman–Crippen LogP) is -2.39. The van der Waals surface area contributed by atoms with Gasteiger partial charge >= 0.3 is 25.2 Å². The number of hydrogen-bond donors (Lipinski definition) is 1. The molecule has 0 saturated carbocycles. The van der Waals surface area contributed by atoms with Crippen molar-refractivity contribution in [1.29, 1.82) is 0 Å². The number of alkyl halides is 3. The van der Waals surface area contributed by atoms with Gasteiger partial charge in [0.05, 0.1) is 30.9 Å². The number of halogens is 3. The number of rotatable bonds is 5. The largest absolute Gasteiger partial charge is 1.00 e. The molecule has 0 aromatic heterocycles. The number of carbonyl (C=O) groups excluding carboxylic acids is 2. The Morgan fingerprint density at radius 3 is 2.46 bits per heavy atom. The first-order chi connectivity index (χ1) is 11.7. The van der Waals surface area contributed by atoms with Gasteiger partial charge in [0.15, 0.2) is 5.75 Å². The molecule has 1 fully saturated rings. The third-order valence-corrected chi connectivity index (χ3v) is 3.67. The summed E-state index contributed by atoms with van der Waals surface area (Å²) >= 11 is 0. The minimum atomic E-state index is -4.99. The van der Waals surface area contributed by atoms with Crippen molar-refractivity contribution in [3.63, 3.8) is 0 Å². The van der Waals surface area contributed by atoms with Crippen molar-refractivity contribution in [1.82, 2.24) is 4.90 Å². The summed E-state index contributed by atoms with van der Waals surface area (Å²) in [7, 11) is 0. The molecule has 26 heavy (non-hydrogen) atoms. The maximum absolute atomic E-state index is 12.5. The Kier molecular flexibility index (Phi) is 7.96. The molecule has 0 radical (unpaired) electrons. The van der Waals surface area contributed by atoms with Crippen molar-refractivity contribution in [3.05, 3.63) is 23.8 Å². The van der Waals surface area contributed by atoms with Crippen LogP contribution in [-0.2, 0) is 9.53 Å². The first-order valence-corrected chi connectivity index (χ1v) is 7.41. The van der Waals surface area contributed by atoms with Crippen molar-refractivity contribution in [2.24, 2.45) is 0 Å². The van der Waals surface area contributed by atoms with Crippen LogP contribution in [-0.4, -0.2) is 55.5 Å². The smallest absolute Gasteiger partial charge is 0.545 e. The SMILES string of the molecule is CC(C(=O)Nc1cc(C(=O)[O-])ccc1OC(F)(F)F)N1CCOCC1.[Li+]. The van der Waals surface area contributed by atoms with E-state index in [2.05, 4.69) is 10.1 Å². The van der Waals surface area contributed by atoms with Gasteiger partial charge in [0.25, 0.3) is 0 Å². The van der Waals surface area contributed by atoms with E-state index in [1.807, 2.05) is 0 Å². The number of nitrogens with one attached hydrogen (secondary N) is 1. The molecule has 1 amide bonds. The Morgan fingerprint density at radius 2 is 1.92 bits per heavy atom. The average molecular weight is 368 g/mol. The zero-order valence-electron chi connectivity index (χ0n) is 14.3. The number of aromatic carboxylic acids is 1. The molecule has 1 N–H and O–H groups in total. The molecule has 1 saturated heterocycles. The molecule has 1 atom stereocenters. The molecular weight excluding hydrogens is 352 g/mol. The topological polar surface area (TPSA) is 90.9 Å². The van der Waals surface area contributed by atoms with Crippen LogP contribution in [0.1, 0.15) is 17.3 Å². The number of anilines is 1. The summed E-state index contributed by atoms with van der Waals surface area (Å²) < 4.78 is 46.5. The predicted molar refractivity (Wildman–Crippen MR) is 77.9 cm³/mol. The van der Waals surface area contributed by atoms with Crippen LogP contribution in [0.3, 0.4) is 0 Å². The molecule has 7 nitrogen and oxygen atoms in total. The second-order valence-corrected chi connectivity index (χ2v) is 5.36. The molecule has 1 heterocycles. The van der Waals surface area contributed by atoms with E-state index in [9.17, 15) is 27.9 Å². The zero-order valence-corrected chi connectivity index (χ0v) is 14.3. The maximum Gasteiger partial charge on any atom is 1.00 e. The molecule has 2 rings (SSSR count). The van der Waals surface area contributed by atoms with E-state index in [0.717, 1.165) is 18.2 Å². The van der Waals surface area contributed by atoms with Gasteiger partial charge in [0.2, 0.25) is 5.91 Å². The molecule has 0 bridgehead atoms. The van der Waals surface area contributed by atoms with E-state index in [1.54, 1.807) is 11.8 Å². The van der Waals surface area contributed by atoms with Crippen LogP contribution in [0.4, 0.5) is 18.9 Å². The number of carboxylic acid groups (broad SMARTS) is 1. The van der Waals surface area contributed by atoms with Gasteiger partial charge in [0.1, 0.15) is 0 Å². The van der Waals surface area contributed by atoms with Crippen molar-refractivity contribution in [3.8, 4) is 5.75 Å². The maximum atomic E-state index is 12.5. The molecule has 1 aliphatic rings. The summed E-state index contributed by atoms with van der Waals surface area (Å²) in [6, 6.07) is 1.93. The first-order valence-electron chi connectivity index (χ1n) is 7.41. The minimum absolute atomic E-state index is 0. The molecule has 0 spiro atoms. The molecule has 11 heteroatoms. The minimum Gasteiger partial charge on any atom is -0.545 e. The Morgan fingerprint density at radius 1 is 1.31 bits per heavy atom. The first kappa shape index (κ1) is 22.3. The second-order valence-electron chi connectivity index (χ2n) is 5.36. The molecule has 1 unspecified atom stereocenters. The summed E-state index contributed by atoms with van der Waals surface area (Å²) in [5.41, 5.74) is -0.784. The number of carboxylic acids is 1. The molecule has 1 aromatic carbocycles. The van der Waals surface area contributed by atoms with E-state index in [1.165, 1.54) is 0 Å². The van der Waals surface area contributed by atoms with Crippen LogP contribution >= 0.6 is 0 Å². The second kappa shape index (κ2) is 9.28. The number of hydrogen-bond acceptors (Lipinski definition) is 6. The van der Waals surface area contributed by atoms with Gasteiger partial charge in [-0.1, -0.05) is 0 Å². The van der Waals surface area contributed by atoms with Crippen molar-refractivity contribution in [2.45, 2.75) is 19.3 Å². The van der Waals surface area contributed by atoms with Crippen LogP contribution in [0.5, 0.6) is 5.75 Å². The van der Waals surface area contributed by atoms with Gasteiger partial charge in [-0.2, -0.15) is 0 Å². The van der Waals surface area contributed by atoms with E-state index >= 15 is 0 Å². The normalized spacial score (nSPS) is 16.3. The summed E-state index contributed by atoms with van der Waals surface area (Å²) in [5, 5.41) is 13.2. The number of carbonyl (C=O) groups is 2. The number of morpholine rings is 1. The molecule has 1 aliphatic heterocycles. The summed E-state index contributed by atoms with van der Waals surface area (Å²) in [5.74, 6) is -2.89. The number of nitrogens with zero attached hydrogens (tertiary/aromatic N) is 1. The quantitative estimate of drug-likeness (QED) is 0.584. The van der Waals surface area contributed by atoms with Crippen LogP contribution in [0.25, 0.3) is 0 Å². The zero-order chi connectivity index (χ0) is 18.6. The molecule has 0 aliphatic carbocycles. The fraction of sp³-hybridized carbons (Fsp3) is 0.467. The van der Waals surface area contributed by atoms with E-state index in [0.29, 0.717) is 26.3 Å². The Balaban J connectivity index is 0.00000338. The van der Waals surface area contributed by atoms with Gasteiger partial charge in [-0.15, -0.1) is 13.2 Å². The molecule has 1 aromatic rings. The Labute approximate surface area is 159 Å². The van der Waals surface area contributed by atoms with E-state index < -0.39 is 35.7 Å². The van der Waals surface area contributed by atoms with Gasteiger partial charge in [0, 0.05) is 13.1 Å². The van der Waals surface area contributed by atoms with Crippen molar-refractivity contribution >= 4 is 17.6 Å². The third kappa shape index (κ3) is 6.21. The van der Waals surface area contributed by atoms with Crippen molar-refractivity contribution < 1.29 is 56.2 Å². The van der Waals surface area contributed by atoms with Gasteiger partial charge < -0.3 is 24.7 Å². The summed E-state index contributed by atoms with van der Waals surface area (Å²) in [6.45, 7) is 3.48. The monoisotopic (exact) mass is 368 g/mol. The Bertz CT molecular complexity index is 651. The van der Waals surface area contributed by atoms with E-state index in [4.69, 9.17) is 4.74 Å². The molecule has 138 valence electrons. The fourth-order valence-electron chi connectivity index (χ4n) is 2.34. The van der Waals surface area contributed by atoms with Crippen molar-refractivity contribution in [2.75, 3.05) is 31.6 Å². The number of benzene rings is 1. The van der Waals surface area contributed by atoms with Crippen LogP contribution < -0.4 is 34.0 Å². The number of ether oxygens (including phenoxy) is 2. The Hall–Kier alpha value is -1.73. The van der Waals surface area contributed by atoms with E-state index in [-0.39, 0.29) is 24.4 Å². The standard InChI is InChI=1S/C15H17F3N2O5.Li/c1-9(20-4-6-24-7-5-20)13(21)19-11-8-10(14(22)23)2-3-12(11)25-15(16,17)18;/h2-3,8-9H,4-7H2,1H3,(H,19,21)(H,22,23);/q;+1/p-1. The van der Waals surface area contributed by atoms with Gasteiger partial charge in [-0.25, -0.2) is 0 Å². The van der Waals surface area contributed by atoms with Gasteiger partial charge in [-0.3, -0.25) is 9.69 Å². The summed E-state index contributed by atoms with van der Waals surface area (Å²) in [4.78, 5) is 25.0. The third-order valence-electron chi connectivity index (χ3n) is 3.67. The van der Waals surface area contributed by atoms with Crippen LogP contribution in [0.15, 0.2) is 18.2 Å². The fourth-order valence-corrected chi connectivity index (χ4v) is 2.34. The number of amides is 1. The van der Waals surface area contributed by atoms with Gasteiger partial charge in [-0.05, 0) is 30.7 Å². The average Bonchev–Trinajstić information content (AvgIpc) is 2.55. The van der Waals surface area contributed by atoms with Crippen LogP contribution in [0, 0.1) is 0 Å². The van der Waals surface area contributed by atoms with Crippen LogP contribution in [0.2, 0.25) is 0 Å².